The van der Waals surface area contributed by atoms with Crippen LogP contribution in [0.15, 0.2) is 30.3 Å². The van der Waals surface area contributed by atoms with Crippen molar-refractivity contribution in [3.63, 3.8) is 0 Å². The maximum Gasteiger partial charge on any atom is 0.130 e. The van der Waals surface area contributed by atoms with E-state index in [-0.39, 0.29) is 0 Å². The molecule has 1 fully saturated rings. The highest BCUT2D eigenvalue weighted by Gasteiger charge is 2.30. The van der Waals surface area contributed by atoms with E-state index in [0.29, 0.717) is 12.0 Å². The quantitative estimate of drug-likeness (QED) is 0.845. The van der Waals surface area contributed by atoms with Crippen LogP contribution in [0.3, 0.4) is 0 Å². The van der Waals surface area contributed by atoms with Crippen molar-refractivity contribution in [2.24, 2.45) is 5.92 Å². The van der Waals surface area contributed by atoms with Crippen molar-refractivity contribution in [1.29, 1.82) is 5.26 Å². The molecule has 0 amide bonds. The minimum Gasteiger partial charge on any atom is -0.353 e. The fourth-order valence-electron chi connectivity index (χ4n) is 2.61. The molecule has 0 unspecified atom stereocenters. The summed E-state index contributed by atoms with van der Waals surface area (Å²) in [6.45, 7) is 5.45. The van der Waals surface area contributed by atoms with Gasteiger partial charge in [-0.15, -0.1) is 0 Å². The van der Waals surface area contributed by atoms with E-state index in [1.165, 1.54) is 12.8 Å². The third-order valence-corrected chi connectivity index (χ3v) is 3.67. The number of anilines is 1. The smallest absolute Gasteiger partial charge is 0.130 e. The normalized spacial score (nSPS) is 14.5. The molecule has 0 radical (unpaired) electrons. The lowest BCUT2D eigenvalue weighted by atomic mass is 10.1. The molecule has 3 heteroatoms. The zero-order valence-electron chi connectivity index (χ0n) is 12.0. The van der Waals surface area contributed by atoms with Gasteiger partial charge in [0.15, 0.2) is 0 Å². The van der Waals surface area contributed by atoms with Crippen LogP contribution in [0.5, 0.6) is 0 Å². The second-order valence-corrected chi connectivity index (χ2v) is 5.93. The second-order valence-electron chi connectivity index (χ2n) is 5.93. The summed E-state index contributed by atoms with van der Waals surface area (Å²) in [4.78, 5) is 7.15. The lowest BCUT2D eigenvalue weighted by Crippen LogP contribution is -2.30. The number of rotatable bonds is 4. The Balaban J connectivity index is 2.08. The van der Waals surface area contributed by atoms with Gasteiger partial charge in [0, 0.05) is 18.0 Å². The summed E-state index contributed by atoms with van der Waals surface area (Å²) in [6.07, 6.45) is 2.48. The molecule has 0 aliphatic heterocycles. The van der Waals surface area contributed by atoms with Gasteiger partial charge in [-0.1, -0.05) is 32.0 Å². The highest BCUT2D eigenvalue weighted by atomic mass is 15.2. The summed E-state index contributed by atoms with van der Waals surface area (Å²) in [6, 6.07) is 12.8. The number of nitrogens with zero attached hydrogens (tertiary/aromatic N) is 3. The fourth-order valence-corrected chi connectivity index (χ4v) is 2.61. The number of nitriles is 1. The maximum atomic E-state index is 9.38. The van der Waals surface area contributed by atoms with Crippen LogP contribution in [-0.2, 0) is 0 Å². The molecule has 20 heavy (non-hydrogen) atoms. The van der Waals surface area contributed by atoms with Crippen molar-refractivity contribution >= 4 is 16.7 Å². The van der Waals surface area contributed by atoms with E-state index in [0.717, 1.165) is 28.8 Å². The van der Waals surface area contributed by atoms with Gasteiger partial charge >= 0.3 is 0 Å². The van der Waals surface area contributed by atoms with Crippen molar-refractivity contribution in [1.82, 2.24) is 4.98 Å². The number of benzene rings is 1. The Hall–Kier alpha value is -2.08. The topological polar surface area (TPSA) is 39.9 Å². The maximum absolute atomic E-state index is 9.38. The Morgan fingerprint density at radius 3 is 2.75 bits per heavy atom. The van der Waals surface area contributed by atoms with Crippen LogP contribution < -0.4 is 4.90 Å². The SMILES string of the molecule is CC(C)CN(c1cc(C#N)c2ccccc2n1)C1CC1. The van der Waals surface area contributed by atoms with Crippen LogP contribution in [0.25, 0.3) is 10.9 Å². The lowest BCUT2D eigenvalue weighted by Gasteiger charge is -2.26. The van der Waals surface area contributed by atoms with Crippen molar-refractivity contribution < 1.29 is 0 Å². The average molecular weight is 265 g/mol. The fraction of sp³-hybridized carbons (Fsp3) is 0.412. The molecule has 3 rings (SSSR count). The number of hydrogen-bond acceptors (Lipinski definition) is 3. The first-order valence-corrected chi connectivity index (χ1v) is 7.25. The van der Waals surface area contributed by atoms with Gasteiger partial charge < -0.3 is 4.90 Å². The summed E-state index contributed by atoms with van der Waals surface area (Å²) in [5, 5.41) is 10.3. The monoisotopic (exact) mass is 265 g/mol. The molecule has 1 heterocycles. The summed E-state index contributed by atoms with van der Waals surface area (Å²) in [5.74, 6) is 1.55. The Kier molecular flexibility index (Phi) is 3.31. The van der Waals surface area contributed by atoms with E-state index in [1.54, 1.807) is 0 Å². The Labute approximate surface area is 119 Å². The predicted molar refractivity (Wildman–Crippen MR) is 81.7 cm³/mol. The Bertz CT molecular complexity index is 665. The molecule has 1 aliphatic carbocycles. The first kappa shape index (κ1) is 12.9. The first-order chi connectivity index (χ1) is 9.69. The van der Waals surface area contributed by atoms with Crippen molar-refractivity contribution in [3.05, 3.63) is 35.9 Å². The third kappa shape index (κ3) is 2.46. The zero-order chi connectivity index (χ0) is 14.1. The van der Waals surface area contributed by atoms with E-state index in [2.05, 4.69) is 24.8 Å². The number of pyridine rings is 1. The number of para-hydroxylation sites is 1. The molecule has 1 saturated carbocycles. The van der Waals surface area contributed by atoms with Crippen molar-refractivity contribution in [3.8, 4) is 6.07 Å². The zero-order valence-corrected chi connectivity index (χ0v) is 12.0. The third-order valence-electron chi connectivity index (χ3n) is 3.67. The molecule has 0 bridgehead atoms. The lowest BCUT2D eigenvalue weighted by molar-refractivity contribution is 0.603. The highest BCUT2D eigenvalue weighted by molar-refractivity contribution is 5.86. The van der Waals surface area contributed by atoms with Crippen LogP contribution in [0, 0.1) is 17.2 Å². The van der Waals surface area contributed by atoms with Gasteiger partial charge in [0.2, 0.25) is 0 Å². The van der Waals surface area contributed by atoms with Crippen molar-refractivity contribution in [2.45, 2.75) is 32.7 Å². The molecule has 0 atom stereocenters. The molecule has 1 aromatic carbocycles. The van der Waals surface area contributed by atoms with E-state index in [4.69, 9.17) is 4.98 Å². The molecule has 102 valence electrons. The minimum atomic E-state index is 0.592. The second kappa shape index (κ2) is 5.13. The largest absolute Gasteiger partial charge is 0.353 e. The van der Waals surface area contributed by atoms with Gasteiger partial charge in [0.25, 0.3) is 0 Å². The van der Waals surface area contributed by atoms with Crippen LogP contribution in [-0.4, -0.2) is 17.6 Å². The molecule has 1 aliphatic rings. The van der Waals surface area contributed by atoms with Gasteiger partial charge in [-0.25, -0.2) is 4.98 Å². The molecule has 1 aromatic heterocycles. The van der Waals surface area contributed by atoms with Gasteiger partial charge in [-0.05, 0) is 30.9 Å². The summed E-state index contributed by atoms with van der Waals surface area (Å²) >= 11 is 0. The standard InChI is InChI=1S/C17H19N3/c1-12(2)11-20(14-7-8-14)17-9-13(10-18)15-5-3-4-6-16(15)19-17/h3-6,9,12,14H,7-8,11H2,1-2H3. The number of aromatic nitrogens is 1. The van der Waals surface area contributed by atoms with Gasteiger partial charge in [0.05, 0.1) is 17.1 Å². The van der Waals surface area contributed by atoms with Crippen LogP contribution in [0.4, 0.5) is 5.82 Å². The molecule has 0 N–H and O–H groups in total. The van der Waals surface area contributed by atoms with Gasteiger partial charge in [-0.3, -0.25) is 0 Å². The summed E-state index contributed by atoms with van der Waals surface area (Å²) < 4.78 is 0. The molecule has 0 saturated heterocycles. The minimum absolute atomic E-state index is 0.592. The van der Waals surface area contributed by atoms with E-state index >= 15 is 0 Å². The number of fused-ring (bicyclic) bond motifs is 1. The van der Waals surface area contributed by atoms with Crippen LogP contribution in [0.1, 0.15) is 32.3 Å². The Morgan fingerprint density at radius 1 is 1.35 bits per heavy atom. The summed E-state index contributed by atoms with van der Waals surface area (Å²) in [5.41, 5.74) is 1.64. The van der Waals surface area contributed by atoms with Gasteiger partial charge in [0.1, 0.15) is 5.82 Å². The van der Waals surface area contributed by atoms with Crippen LogP contribution in [0.2, 0.25) is 0 Å². The molecule has 2 aromatic rings. The van der Waals surface area contributed by atoms with E-state index < -0.39 is 0 Å². The summed E-state index contributed by atoms with van der Waals surface area (Å²) in [7, 11) is 0. The molecular formula is C17H19N3. The van der Waals surface area contributed by atoms with E-state index in [1.807, 2.05) is 30.3 Å². The van der Waals surface area contributed by atoms with Gasteiger partial charge in [-0.2, -0.15) is 5.26 Å². The molecular weight excluding hydrogens is 246 g/mol. The molecule has 3 nitrogen and oxygen atoms in total. The predicted octanol–water partition coefficient (Wildman–Crippen LogP) is 3.73. The van der Waals surface area contributed by atoms with Crippen molar-refractivity contribution in [2.75, 3.05) is 11.4 Å². The van der Waals surface area contributed by atoms with E-state index in [9.17, 15) is 5.26 Å². The highest BCUT2D eigenvalue weighted by Crippen LogP contribution is 2.33. The van der Waals surface area contributed by atoms with Crippen LogP contribution >= 0.6 is 0 Å². The average Bonchev–Trinajstić information content (AvgIpc) is 3.28. The first-order valence-electron chi connectivity index (χ1n) is 7.25. The molecule has 0 spiro atoms. The Morgan fingerprint density at radius 2 is 2.10 bits per heavy atom. The number of hydrogen-bond donors (Lipinski definition) is 0.